The summed E-state index contributed by atoms with van der Waals surface area (Å²) < 4.78 is 6.30. The summed E-state index contributed by atoms with van der Waals surface area (Å²) in [5, 5.41) is 7.71. The van der Waals surface area contributed by atoms with Gasteiger partial charge in [-0.15, -0.1) is 0 Å². The predicted octanol–water partition coefficient (Wildman–Crippen LogP) is 5.35. The zero-order chi connectivity index (χ0) is 19.2. The smallest absolute Gasteiger partial charge is 0.258 e. The highest BCUT2D eigenvalue weighted by Gasteiger charge is 2.19. The topological polar surface area (TPSA) is 68.0 Å². The number of halogens is 2. The summed E-state index contributed by atoms with van der Waals surface area (Å²) in [6.07, 6.45) is 1.70. The van der Waals surface area contributed by atoms with E-state index in [4.69, 9.17) is 16.1 Å². The molecule has 3 aromatic rings. The fraction of sp³-hybridized carbons (Fsp3) is 0.250. The maximum atomic E-state index is 12.3. The molecule has 0 saturated heterocycles. The molecule has 2 aromatic carbocycles. The normalized spacial score (nSPS) is 12.0. The Balaban J connectivity index is 1.61. The summed E-state index contributed by atoms with van der Waals surface area (Å²) in [4.78, 5) is 16.8. The molecular formula is C20H19BrClN3O2. The zero-order valence-corrected chi connectivity index (χ0v) is 17.1. The van der Waals surface area contributed by atoms with Crippen LogP contribution in [-0.4, -0.2) is 16.0 Å². The molecule has 0 aliphatic heterocycles. The Kier molecular flexibility index (Phi) is 6.63. The molecule has 0 aliphatic rings. The molecule has 0 spiro atoms. The first kappa shape index (κ1) is 19.6. The zero-order valence-electron chi connectivity index (χ0n) is 14.8. The molecule has 3 rings (SSSR count). The van der Waals surface area contributed by atoms with Crippen LogP contribution in [0.2, 0.25) is 5.02 Å². The second-order valence-corrected chi connectivity index (χ2v) is 7.48. The number of carbonyl (C=O) groups is 1. The second kappa shape index (κ2) is 9.15. The quantitative estimate of drug-likeness (QED) is 0.529. The van der Waals surface area contributed by atoms with E-state index in [-0.39, 0.29) is 11.9 Å². The van der Waals surface area contributed by atoms with Gasteiger partial charge in [-0.05, 0) is 48.7 Å². The van der Waals surface area contributed by atoms with Crippen molar-refractivity contribution in [3.8, 4) is 11.5 Å². The van der Waals surface area contributed by atoms with Gasteiger partial charge in [0, 0.05) is 21.5 Å². The third-order valence-electron chi connectivity index (χ3n) is 4.12. The Hall–Kier alpha value is -2.18. The van der Waals surface area contributed by atoms with E-state index in [2.05, 4.69) is 31.4 Å². The van der Waals surface area contributed by atoms with Crippen molar-refractivity contribution in [1.82, 2.24) is 15.5 Å². The fourth-order valence-corrected chi connectivity index (χ4v) is 3.17. The summed E-state index contributed by atoms with van der Waals surface area (Å²) in [7, 11) is 0. The van der Waals surface area contributed by atoms with E-state index in [9.17, 15) is 4.79 Å². The molecule has 27 heavy (non-hydrogen) atoms. The van der Waals surface area contributed by atoms with Crippen molar-refractivity contribution in [3.05, 3.63) is 69.4 Å². The van der Waals surface area contributed by atoms with Crippen LogP contribution in [0.3, 0.4) is 0 Å². The number of amides is 1. The number of nitrogens with zero attached hydrogens (tertiary/aromatic N) is 2. The number of carbonyl (C=O) groups excluding carboxylic acids is 1. The first-order valence-electron chi connectivity index (χ1n) is 8.68. The number of rotatable bonds is 7. The summed E-state index contributed by atoms with van der Waals surface area (Å²) >= 11 is 9.31. The average molecular weight is 449 g/mol. The van der Waals surface area contributed by atoms with Crippen molar-refractivity contribution >= 4 is 33.4 Å². The summed E-state index contributed by atoms with van der Waals surface area (Å²) in [5.41, 5.74) is 1.89. The van der Waals surface area contributed by atoms with Gasteiger partial charge in [-0.25, -0.2) is 0 Å². The number of aryl methyl sites for hydroxylation is 1. The van der Waals surface area contributed by atoms with Gasteiger partial charge in [0.15, 0.2) is 5.82 Å². The first-order chi connectivity index (χ1) is 13.0. The summed E-state index contributed by atoms with van der Waals surface area (Å²) in [6.45, 7) is 1.97. The van der Waals surface area contributed by atoms with E-state index in [1.54, 1.807) is 0 Å². The van der Waals surface area contributed by atoms with Crippen molar-refractivity contribution in [3.63, 3.8) is 0 Å². The third-order valence-corrected chi connectivity index (χ3v) is 4.87. The second-order valence-electron chi connectivity index (χ2n) is 6.12. The van der Waals surface area contributed by atoms with Crippen molar-refractivity contribution < 1.29 is 9.32 Å². The van der Waals surface area contributed by atoms with Crippen LogP contribution in [0, 0.1) is 0 Å². The Morgan fingerprint density at radius 1 is 1.26 bits per heavy atom. The molecular weight excluding hydrogens is 430 g/mol. The van der Waals surface area contributed by atoms with Crippen LogP contribution < -0.4 is 5.32 Å². The molecule has 7 heteroatoms. The van der Waals surface area contributed by atoms with Gasteiger partial charge in [-0.3, -0.25) is 4.79 Å². The van der Waals surface area contributed by atoms with Gasteiger partial charge in [0.2, 0.25) is 5.91 Å². The molecule has 0 radical (unpaired) electrons. The Labute approximate surface area is 171 Å². The lowest BCUT2D eigenvalue weighted by Gasteiger charge is -2.13. The molecule has 0 fully saturated rings. The molecule has 1 amide bonds. The molecule has 1 unspecified atom stereocenters. The van der Waals surface area contributed by atoms with Crippen LogP contribution in [0.15, 0.2) is 57.5 Å². The van der Waals surface area contributed by atoms with E-state index >= 15 is 0 Å². The van der Waals surface area contributed by atoms with Crippen LogP contribution in [0.5, 0.6) is 0 Å². The number of benzene rings is 2. The van der Waals surface area contributed by atoms with Gasteiger partial charge in [-0.2, -0.15) is 4.98 Å². The van der Waals surface area contributed by atoms with Gasteiger partial charge >= 0.3 is 0 Å². The van der Waals surface area contributed by atoms with Crippen LogP contribution >= 0.6 is 27.5 Å². The third kappa shape index (κ3) is 5.40. The largest absolute Gasteiger partial charge is 0.346 e. The predicted molar refractivity (Wildman–Crippen MR) is 108 cm³/mol. The lowest BCUT2D eigenvalue weighted by Crippen LogP contribution is -2.29. The lowest BCUT2D eigenvalue weighted by atomic mass is 10.1. The van der Waals surface area contributed by atoms with Crippen LogP contribution in [-0.2, 0) is 11.2 Å². The van der Waals surface area contributed by atoms with Crippen LogP contribution in [0.25, 0.3) is 11.5 Å². The Morgan fingerprint density at radius 3 is 2.74 bits per heavy atom. The molecule has 0 saturated carbocycles. The minimum atomic E-state index is -0.285. The minimum Gasteiger partial charge on any atom is -0.346 e. The van der Waals surface area contributed by atoms with Gasteiger partial charge in [-0.1, -0.05) is 57.8 Å². The highest BCUT2D eigenvalue weighted by Crippen LogP contribution is 2.23. The van der Waals surface area contributed by atoms with Crippen molar-refractivity contribution in [2.45, 2.75) is 32.2 Å². The first-order valence-corrected chi connectivity index (χ1v) is 9.85. The SMILES string of the molecule is CCC(NC(=O)CCc1ccc(Cl)cc1)c1noc(-c2cccc(Br)c2)n1. The van der Waals surface area contributed by atoms with E-state index in [1.807, 2.05) is 55.5 Å². The molecule has 140 valence electrons. The lowest BCUT2D eigenvalue weighted by molar-refractivity contribution is -0.121. The average Bonchev–Trinajstić information content (AvgIpc) is 3.16. The van der Waals surface area contributed by atoms with Crippen LogP contribution in [0.4, 0.5) is 0 Å². The summed E-state index contributed by atoms with van der Waals surface area (Å²) in [6, 6.07) is 14.9. The molecule has 1 N–H and O–H groups in total. The number of hydrogen-bond acceptors (Lipinski definition) is 4. The molecule has 0 bridgehead atoms. The van der Waals surface area contributed by atoms with Crippen molar-refractivity contribution in [2.75, 3.05) is 0 Å². The van der Waals surface area contributed by atoms with Gasteiger partial charge in [0.1, 0.15) is 0 Å². The number of hydrogen-bond donors (Lipinski definition) is 1. The summed E-state index contributed by atoms with van der Waals surface area (Å²) in [5.74, 6) is 0.859. The Morgan fingerprint density at radius 2 is 2.04 bits per heavy atom. The molecule has 1 heterocycles. The number of nitrogens with one attached hydrogen (secondary N) is 1. The van der Waals surface area contributed by atoms with Crippen molar-refractivity contribution in [1.29, 1.82) is 0 Å². The minimum absolute atomic E-state index is 0.0504. The maximum Gasteiger partial charge on any atom is 0.258 e. The van der Waals surface area contributed by atoms with E-state index < -0.39 is 0 Å². The van der Waals surface area contributed by atoms with Gasteiger partial charge in [0.25, 0.3) is 5.89 Å². The van der Waals surface area contributed by atoms with Gasteiger partial charge < -0.3 is 9.84 Å². The molecule has 0 aliphatic carbocycles. The standard InChI is InChI=1S/C20H19BrClN3O2/c1-2-17(23-18(26)11-8-13-6-9-16(22)10-7-13)19-24-20(27-25-19)14-4-3-5-15(21)12-14/h3-7,9-10,12,17H,2,8,11H2,1H3,(H,23,26). The van der Waals surface area contributed by atoms with Crippen LogP contribution in [0.1, 0.15) is 37.2 Å². The maximum absolute atomic E-state index is 12.3. The molecule has 1 aromatic heterocycles. The van der Waals surface area contributed by atoms with E-state index in [1.165, 1.54) is 0 Å². The van der Waals surface area contributed by atoms with Crippen molar-refractivity contribution in [2.24, 2.45) is 0 Å². The molecule has 1 atom stereocenters. The highest BCUT2D eigenvalue weighted by molar-refractivity contribution is 9.10. The van der Waals surface area contributed by atoms with E-state index in [0.29, 0.717) is 36.0 Å². The highest BCUT2D eigenvalue weighted by atomic mass is 79.9. The van der Waals surface area contributed by atoms with Gasteiger partial charge in [0.05, 0.1) is 6.04 Å². The fourth-order valence-electron chi connectivity index (χ4n) is 2.64. The van der Waals surface area contributed by atoms with E-state index in [0.717, 1.165) is 15.6 Å². The monoisotopic (exact) mass is 447 g/mol. The Bertz CT molecular complexity index is 912. The molecule has 5 nitrogen and oxygen atoms in total. The number of aromatic nitrogens is 2.